The lowest BCUT2D eigenvalue weighted by molar-refractivity contribution is 0.378. The third-order valence-electron chi connectivity index (χ3n) is 3.06. The second-order valence-corrected chi connectivity index (χ2v) is 4.10. The maximum Gasteiger partial charge on any atom is 0.216 e. The van der Waals surface area contributed by atoms with Gasteiger partial charge < -0.3 is 10.5 Å². The molecule has 1 aromatic rings. The molecular weight excluding hydrogens is 190 g/mol. The van der Waals surface area contributed by atoms with E-state index in [1.165, 1.54) is 0 Å². The molecule has 1 saturated carbocycles. The molecule has 0 saturated heterocycles. The lowest BCUT2D eigenvalue weighted by Crippen LogP contribution is -2.26. The Bertz CT molecular complexity index is 321. The first kappa shape index (κ1) is 10.4. The van der Waals surface area contributed by atoms with E-state index in [0.717, 1.165) is 31.4 Å². The van der Waals surface area contributed by atoms with E-state index in [-0.39, 0.29) is 0 Å². The third kappa shape index (κ3) is 2.45. The molecule has 4 nitrogen and oxygen atoms in total. The van der Waals surface area contributed by atoms with Crippen LogP contribution >= 0.6 is 0 Å². The quantitative estimate of drug-likeness (QED) is 0.797. The minimum absolute atomic E-state index is 0.380. The molecule has 0 amide bonds. The predicted octanol–water partition coefficient (Wildman–Crippen LogP) is 1.47. The summed E-state index contributed by atoms with van der Waals surface area (Å²) in [6.07, 6.45) is 6.01. The second kappa shape index (κ2) is 4.57. The molecule has 1 heterocycles. The number of rotatable bonds is 2. The molecular formula is C11H17N3O. The highest BCUT2D eigenvalue weighted by atomic mass is 16.5. The zero-order chi connectivity index (χ0) is 10.7. The zero-order valence-electron chi connectivity index (χ0n) is 9.02. The molecule has 0 atom stereocenters. The van der Waals surface area contributed by atoms with Gasteiger partial charge in [0.05, 0.1) is 12.8 Å². The van der Waals surface area contributed by atoms with E-state index in [1.807, 2.05) is 6.07 Å². The van der Waals surface area contributed by atoms with Gasteiger partial charge in [0.1, 0.15) is 6.33 Å². The fourth-order valence-corrected chi connectivity index (χ4v) is 2.10. The van der Waals surface area contributed by atoms with Gasteiger partial charge in [-0.1, -0.05) is 0 Å². The van der Waals surface area contributed by atoms with Gasteiger partial charge in [-0.25, -0.2) is 9.97 Å². The van der Waals surface area contributed by atoms with Gasteiger partial charge in [-0.3, -0.25) is 0 Å². The van der Waals surface area contributed by atoms with Gasteiger partial charge >= 0.3 is 0 Å². The Morgan fingerprint density at radius 3 is 2.67 bits per heavy atom. The fourth-order valence-electron chi connectivity index (χ4n) is 2.10. The summed E-state index contributed by atoms with van der Waals surface area (Å²) >= 11 is 0. The molecule has 1 fully saturated rings. The summed E-state index contributed by atoms with van der Waals surface area (Å²) in [6.45, 7) is 0. The lowest BCUT2D eigenvalue weighted by atomic mass is 9.84. The molecule has 4 heteroatoms. The Morgan fingerprint density at radius 2 is 2.00 bits per heavy atom. The molecule has 1 aliphatic rings. The summed E-state index contributed by atoms with van der Waals surface area (Å²) in [5, 5.41) is 0. The summed E-state index contributed by atoms with van der Waals surface area (Å²) in [6, 6.07) is 2.31. The summed E-state index contributed by atoms with van der Waals surface area (Å²) in [7, 11) is 1.63. The zero-order valence-corrected chi connectivity index (χ0v) is 9.02. The lowest BCUT2D eigenvalue weighted by Gasteiger charge is -2.25. The van der Waals surface area contributed by atoms with Crippen molar-refractivity contribution in [2.45, 2.75) is 37.6 Å². The average molecular weight is 207 g/mol. The van der Waals surface area contributed by atoms with E-state index < -0.39 is 0 Å². The van der Waals surface area contributed by atoms with Crippen molar-refractivity contribution in [3.63, 3.8) is 0 Å². The molecule has 15 heavy (non-hydrogen) atoms. The van der Waals surface area contributed by atoms with E-state index >= 15 is 0 Å². The highest BCUT2D eigenvalue weighted by Crippen LogP contribution is 2.31. The van der Waals surface area contributed by atoms with Crippen LogP contribution in [0.3, 0.4) is 0 Å². The topological polar surface area (TPSA) is 61.0 Å². The second-order valence-electron chi connectivity index (χ2n) is 4.10. The van der Waals surface area contributed by atoms with Crippen LogP contribution in [-0.2, 0) is 0 Å². The van der Waals surface area contributed by atoms with E-state index in [2.05, 4.69) is 9.97 Å². The van der Waals surface area contributed by atoms with Crippen molar-refractivity contribution in [1.82, 2.24) is 9.97 Å². The normalized spacial score (nSPS) is 26.3. The summed E-state index contributed by atoms with van der Waals surface area (Å²) in [5.41, 5.74) is 6.97. The fraction of sp³-hybridized carbons (Fsp3) is 0.636. The molecule has 1 aromatic heterocycles. The van der Waals surface area contributed by atoms with E-state index in [0.29, 0.717) is 17.8 Å². The molecule has 0 aromatic carbocycles. The van der Waals surface area contributed by atoms with Crippen LogP contribution < -0.4 is 10.5 Å². The van der Waals surface area contributed by atoms with E-state index in [9.17, 15) is 0 Å². The highest BCUT2D eigenvalue weighted by Gasteiger charge is 2.21. The van der Waals surface area contributed by atoms with Gasteiger partial charge in [-0.2, -0.15) is 0 Å². The van der Waals surface area contributed by atoms with E-state index in [1.54, 1.807) is 13.4 Å². The Balaban J connectivity index is 2.08. The SMILES string of the molecule is COc1cc(C2CCC(N)CC2)ncn1. The van der Waals surface area contributed by atoms with Crippen LogP contribution in [0, 0.1) is 0 Å². The summed E-state index contributed by atoms with van der Waals surface area (Å²) < 4.78 is 5.09. The van der Waals surface area contributed by atoms with Crippen molar-refractivity contribution in [1.29, 1.82) is 0 Å². The maximum absolute atomic E-state index is 5.87. The first-order valence-electron chi connectivity index (χ1n) is 5.41. The van der Waals surface area contributed by atoms with Crippen molar-refractivity contribution in [3.05, 3.63) is 18.1 Å². The van der Waals surface area contributed by atoms with Gasteiger partial charge in [0.15, 0.2) is 0 Å². The number of aromatic nitrogens is 2. The maximum atomic E-state index is 5.87. The van der Waals surface area contributed by atoms with Crippen molar-refractivity contribution >= 4 is 0 Å². The molecule has 0 radical (unpaired) electrons. The van der Waals surface area contributed by atoms with Crippen LogP contribution in [0.2, 0.25) is 0 Å². The number of nitrogens with two attached hydrogens (primary N) is 1. The van der Waals surface area contributed by atoms with Crippen LogP contribution in [0.25, 0.3) is 0 Å². The molecule has 0 aliphatic heterocycles. The van der Waals surface area contributed by atoms with Gasteiger partial charge in [0, 0.05) is 18.0 Å². The molecule has 2 N–H and O–H groups in total. The van der Waals surface area contributed by atoms with Crippen molar-refractivity contribution in [2.24, 2.45) is 5.73 Å². The van der Waals surface area contributed by atoms with Crippen molar-refractivity contribution in [3.8, 4) is 5.88 Å². The van der Waals surface area contributed by atoms with Crippen LogP contribution in [0.4, 0.5) is 0 Å². The predicted molar refractivity (Wildman–Crippen MR) is 57.8 cm³/mol. The first-order chi connectivity index (χ1) is 7.29. The van der Waals surface area contributed by atoms with Crippen LogP contribution in [0.15, 0.2) is 12.4 Å². The molecule has 0 bridgehead atoms. The van der Waals surface area contributed by atoms with Gasteiger partial charge in [0.2, 0.25) is 5.88 Å². The molecule has 0 unspecified atom stereocenters. The summed E-state index contributed by atoms with van der Waals surface area (Å²) in [4.78, 5) is 8.31. The molecule has 1 aliphatic carbocycles. The largest absolute Gasteiger partial charge is 0.481 e. The standard InChI is InChI=1S/C11H17N3O/c1-15-11-6-10(13-7-14-11)8-2-4-9(12)5-3-8/h6-9H,2-5,12H2,1H3. The van der Waals surface area contributed by atoms with Crippen molar-refractivity contribution in [2.75, 3.05) is 7.11 Å². The minimum atomic E-state index is 0.380. The smallest absolute Gasteiger partial charge is 0.216 e. The van der Waals surface area contributed by atoms with Gasteiger partial charge in [-0.15, -0.1) is 0 Å². The van der Waals surface area contributed by atoms with Crippen LogP contribution in [0.1, 0.15) is 37.3 Å². The number of methoxy groups -OCH3 is 1. The van der Waals surface area contributed by atoms with Crippen LogP contribution in [-0.4, -0.2) is 23.1 Å². The van der Waals surface area contributed by atoms with Gasteiger partial charge in [0.25, 0.3) is 0 Å². The van der Waals surface area contributed by atoms with Gasteiger partial charge in [-0.05, 0) is 25.7 Å². The Labute approximate surface area is 89.9 Å². The first-order valence-corrected chi connectivity index (χ1v) is 5.41. The Morgan fingerprint density at radius 1 is 1.27 bits per heavy atom. The van der Waals surface area contributed by atoms with Crippen molar-refractivity contribution < 1.29 is 4.74 Å². The minimum Gasteiger partial charge on any atom is -0.481 e. The van der Waals surface area contributed by atoms with E-state index in [4.69, 9.17) is 10.5 Å². The monoisotopic (exact) mass is 207 g/mol. The average Bonchev–Trinajstić information content (AvgIpc) is 2.30. The molecule has 82 valence electrons. The number of nitrogens with zero attached hydrogens (tertiary/aromatic N) is 2. The number of ether oxygens (including phenoxy) is 1. The number of hydrogen-bond donors (Lipinski definition) is 1. The Hall–Kier alpha value is -1.16. The number of hydrogen-bond acceptors (Lipinski definition) is 4. The molecule has 2 rings (SSSR count). The van der Waals surface area contributed by atoms with Crippen LogP contribution in [0.5, 0.6) is 5.88 Å². The molecule has 0 spiro atoms. The third-order valence-corrected chi connectivity index (χ3v) is 3.06. The summed E-state index contributed by atoms with van der Waals surface area (Å²) in [5.74, 6) is 1.18. The Kier molecular flexibility index (Phi) is 3.16. The highest BCUT2D eigenvalue weighted by molar-refractivity contribution is 5.17.